The second-order valence-electron chi connectivity index (χ2n) is 7.92. The molecular formula is C25H25N5O2. The Hall–Kier alpha value is -3.87. The second-order valence-corrected chi connectivity index (χ2v) is 7.92. The molecule has 1 N–H and O–H groups in total. The van der Waals surface area contributed by atoms with Crippen LogP contribution < -0.4 is 10.2 Å². The summed E-state index contributed by atoms with van der Waals surface area (Å²) in [6, 6.07) is 21.9. The maximum Gasteiger partial charge on any atom is 0.289 e. The number of anilines is 2. The van der Waals surface area contributed by atoms with Gasteiger partial charge in [-0.1, -0.05) is 42.5 Å². The van der Waals surface area contributed by atoms with E-state index < -0.39 is 0 Å². The first-order valence-corrected chi connectivity index (χ1v) is 10.8. The van der Waals surface area contributed by atoms with E-state index in [1.165, 1.54) is 11.8 Å². The number of rotatable bonds is 5. The highest BCUT2D eigenvalue weighted by Gasteiger charge is 2.25. The first-order chi connectivity index (χ1) is 15.7. The molecule has 3 heterocycles. The molecule has 2 aromatic heterocycles. The summed E-state index contributed by atoms with van der Waals surface area (Å²) in [7, 11) is 0. The summed E-state index contributed by atoms with van der Waals surface area (Å²) in [5.74, 6) is 1.79. The van der Waals surface area contributed by atoms with E-state index in [1.807, 2.05) is 47.4 Å². The van der Waals surface area contributed by atoms with Gasteiger partial charge in [-0.3, -0.25) is 4.79 Å². The van der Waals surface area contributed by atoms with Gasteiger partial charge in [0.05, 0.1) is 11.8 Å². The van der Waals surface area contributed by atoms with Gasteiger partial charge in [-0.05, 0) is 36.8 Å². The lowest BCUT2D eigenvalue weighted by Crippen LogP contribution is -2.49. The van der Waals surface area contributed by atoms with Crippen LogP contribution in [0.5, 0.6) is 0 Å². The number of benzene rings is 2. The lowest BCUT2D eigenvalue weighted by atomic mass is 10.1. The van der Waals surface area contributed by atoms with Crippen LogP contribution in [0.2, 0.25) is 0 Å². The molecule has 1 amide bonds. The molecule has 1 aliphatic rings. The summed E-state index contributed by atoms with van der Waals surface area (Å²) in [6.07, 6.45) is 1.53. The van der Waals surface area contributed by atoms with Crippen molar-refractivity contribution in [3.8, 4) is 0 Å². The molecule has 0 saturated carbocycles. The Kier molecular flexibility index (Phi) is 5.46. The van der Waals surface area contributed by atoms with Crippen LogP contribution in [-0.4, -0.2) is 47.0 Å². The Labute approximate surface area is 186 Å². The predicted octanol–water partition coefficient (Wildman–Crippen LogP) is 4.36. The van der Waals surface area contributed by atoms with Crippen LogP contribution in [0.15, 0.2) is 77.4 Å². The minimum atomic E-state index is -0.0758. The molecule has 7 heteroatoms. The van der Waals surface area contributed by atoms with Gasteiger partial charge < -0.3 is 19.5 Å². The number of nitrogens with zero attached hydrogens (tertiary/aromatic N) is 4. The number of amides is 1. The lowest BCUT2D eigenvalue weighted by molar-refractivity contribution is 0.0714. The highest BCUT2D eigenvalue weighted by atomic mass is 16.3. The van der Waals surface area contributed by atoms with E-state index in [0.717, 1.165) is 16.7 Å². The molecule has 1 fully saturated rings. The van der Waals surface area contributed by atoms with E-state index >= 15 is 0 Å². The summed E-state index contributed by atoms with van der Waals surface area (Å²) in [6.45, 7) is 4.65. The van der Waals surface area contributed by atoms with Crippen LogP contribution >= 0.6 is 0 Å². The van der Waals surface area contributed by atoms with Crippen LogP contribution in [0.1, 0.15) is 29.1 Å². The summed E-state index contributed by atoms with van der Waals surface area (Å²) in [4.78, 5) is 26.2. The maximum absolute atomic E-state index is 12.6. The zero-order valence-electron chi connectivity index (χ0n) is 17.9. The van der Waals surface area contributed by atoms with Gasteiger partial charge in [-0.25, -0.2) is 4.98 Å². The molecule has 0 aliphatic carbocycles. The number of aromatic nitrogens is 2. The van der Waals surface area contributed by atoms with Gasteiger partial charge in [-0.15, -0.1) is 0 Å². The molecular weight excluding hydrogens is 402 g/mol. The topological polar surface area (TPSA) is 74.5 Å². The fourth-order valence-corrected chi connectivity index (χ4v) is 4.01. The average molecular weight is 428 g/mol. The van der Waals surface area contributed by atoms with Crippen molar-refractivity contribution in [2.45, 2.75) is 13.0 Å². The Bertz CT molecular complexity index is 1200. The van der Waals surface area contributed by atoms with E-state index in [2.05, 4.69) is 29.3 Å². The smallest absolute Gasteiger partial charge is 0.289 e. The van der Waals surface area contributed by atoms with Gasteiger partial charge in [-0.2, -0.15) is 4.98 Å². The normalized spacial score (nSPS) is 15.0. The Balaban J connectivity index is 1.37. The van der Waals surface area contributed by atoms with E-state index in [0.29, 0.717) is 37.9 Å². The Morgan fingerprint density at radius 3 is 2.44 bits per heavy atom. The summed E-state index contributed by atoms with van der Waals surface area (Å²) < 4.78 is 5.26. The van der Waals surface area contributed by atoms with E-state index in [1.54, 1.807) is 12.1 Å². The number of furan rings is 1. The van der Waals surface area contributed by atoms with Crippen molar-refractivity contribution in [1.29, 1.82) is 0 Å². The van der Waals surface area contributed by atoms with Crippen LogP contribution in [-0.2, 0) is 0 Å². The van der Waals surface area contributed by atoms with Crippen molar-refractivity contribution in [1.82, 2.24) is 14.9 Å². The summed E-state index contributed by atoms with van der Waals surface area (Å²) >= 11 is 0. The lowest BCUT2D eigenvalue weighted by Gasteiger charge is -2.34. The Morgan fingerprint density at radius 1 is 0.938 bits per heavy atom. The number of carbonyl (C=O) groups excluding carboxylic acids is 1. The van der Waals surface area contributed by atoms with E-state index in [4.69, 9.17) is 14.4 Å². The van der Waals surface area contributed by atoms with Gasteiger partial charge in [0.2, 0.25) is 5.95 Å². The number of nitrogens with one attached hydrogen (secondary N) is 1. The fraction of sp³-hybridized carbons (Fsp3) is 0.240. The first kappa shape index (κ1) is 20.1. The van der Waals surface area contributed by atoms with Crippen molar-refractivity contribution >= 4 is 28.6 Å². The van der Waals surface area contributed by atoms with Crippen LogP contribution in [0.4, 0.5) is 11.8 Å². The van der Waals surface area contributed by atoms with Gasteiger partial charge in [0, 0.05) is 37.6 Å². The SMILES string of the molecule is C[C@H](Nc1nc(N2CCN(C(=O)c3ccco3)CC2)nc2ccccc12)c1ccccc1. The molecule has 7 nitrogen and oxygen atoms in total. The molecule has 0 unspecified atom stereocenters. The number of para-hydroxylation sites is 1. The molecule has 1 atom stereocenters. The minimum absolute atomic E-state index is 0.0758. The van der Waals surface area contributed by atoms with Gasteiger partial charge >= 0.3 is 0 Å². The number of hydrogen-bond acceptors (Lipinski definition) is 6. The molecule has 1 saturated heterocycles. The quantitative estimate of drug-likeness (QED) is 0.510. The molecule has 2 aromatic carbocycles. The molecule has 0 bridgehead atoms. The molecule has 4 aromatic rings. The van der Waals surface area contributed by atoms with E-state index in [-0.39, 0.29) is 11.9 Å². The number of hydrogen-bond donors (Lipinski definition) is 1. The summed E-state index contributed by atoms with van der Waals surface area (Å²) in [5, 5.41) is 4.56. The Morgan fingerprint density at radius 2 is 1.69 bits per heavy atom. The fourth-order valence-electron chi connectivity index (χ4n) is 4.01. The van der Waals surface area contributed by atoms with Crippen molar-refractivity contribution in [3.63, 3.8) is 0 Å². The third-order valence-corrected chi connectivity index (χ3v) is 5.83. The molecule has 162 valence electrons. The number of piperazine rings is 1. The van der Waals surface area contributed by atoms with Gasteiger partial charge in [0.25, 0.3) is 5.91 Å². The highest BCUT2D eigenvalue weighted by Crippen LogP contribution is 2.27. The standard InChI is InChI=1S/C25H25N5O2/c1-18(19-8-3-2-4-9-19)26-23-20-10-5-6-11-21(20)27-25(28-23)30-15-13-29(14-16-30)24(31)22-12-7-17-32-22/h2-12,17-18H,13-16H2,1H3,(H,26,27,28)/t18-/m0/s1. The monoisotopic (exact) mass is 427 g/mol. The van der Waals surface area contributed by atoms with Crippen LogP contribution in [0.25, 0.3) is 10.9 Å². The largest absolute Gasteiger partial charge is 0.459 e. The van der Waals surface area contributed by atoms with Crippen molar-refractivity contribution in [2.75, 3.05) is 36.4 Å². The molecule has 0 spiro atoms. The van der Waals surface area contributed by atoms with Crippen molar-refractivity contribution < 1.29 is 9.21 Å². The van der Waals surface area contributed by atoms with Crippen LogP contribution in [0, 0.1) is 0 Å². The van der Waals surface area contributed by atoms with Crippen LogP contribution in [0.3, 0.4) is 0 Å². The van der Waals surface area contributed by atoms with Gasteiger partial charge in [0.15, 0.2) is 5.76 Å². The highest BCUT2D eigenvalue weighted by molar-refractivity contribution is 5.92. The average Bonchev–Trinajstić information content (AvgIpc) is 3.39. The number of carbonyl (C=O) groups is 1. The maximum atomic E-state index is 12.6. The van der Waals surface area contributed by atoms with Gasteiger partial charge in [0.1, 0.15) is 5.82 Å². The number of fused-ring (bicyclic) bond motifs is 1. The van der Waals surface area contributed by atoms with Crippen molar-refractivity contribution in [2.24, 2.45) is 0 Å². The second kappa shape index (κ2) is 8.70. The van der Waals surface area contributed by atoms with E-state index in [9.17, 15) is 4.79 Å². The van der Waals surface area contributed by atoms with Crippen molar-refractivity contribution in [3.05, 3.63) is 84.3 Å². The first-order valence-electron chi connectivity index (χ1n) is 10.8. The molecule has 5 rings (SSSR count). The third kappa shape index (κ3) is 4.01. The predicted molar refractivity (Wildman–Crippen MR) is 125 cm³/mol. The zero-order valence-corrected chi connectivity index (χ0v) is 17.9. The molecule has 1 aliphatic heterocycles. The zero-order chi connectivity index (χ0) is 21.9. The third-order valence-electron chi connectivity index (χ3n) is 5.83. The summed E-state index contributed by atoms with van der Waals surface area (Å²) in [5.41, 5.74) is 2.09. The minimum Gasteiger partial charge on any atom is -0.459 e. The molecule has 32 heavy (non-hydrogen) atoms. The molecule has 0 radical (unpaired) electrons.